The van der Waals surface area contributed by atoms with E-state index >= 15 is 0 Å². The molecule has 2 aromatic rings. The van der Waals surface area contributed by atoms with Gasteiger partial charge in [-0.1, -0.05) is 48.5 Å². The molecule has 0 bridgehead atoms. The Morgan fingerprint density at radius 1 is 1.05 bits per heavy atom. The van der Waals surface area contributed by atoms with E-state index in [4.69, 9.17) is 0 Å². The number of aromatic nitrogens is 2. The van der Waals surface area contributed by atoms with Gasteiger partial charge >= 0.3 is 0 Å². The second-order valence-electron chi connectivity index (χ2n) is 5.35. The van der Waals surface area contributed by atoms with Crippen molar-refractivity contribution in [3.63, 3.8) is 0 Å². The molecular formula is C17H20N4S. The molecule has 0 unspecified atom stereocenters. The Morgan fingerprint density at radius 3 is 2.68 bits per heavy atom. The van der Waals surface area contributed by atoms with Gasteiger partial charge < -0.3 is 0 Å². The number of hydrogen-bond acceptors (Lipinski definition) is 5. The first kappa shape index (κ1) is 15.0. The summed E-state index contributed by atoms with van der Waals surface area (Å²) in [6, 6.07) is 12.2. The number of anilines is 1. The quantitative estimate of drug-likeness (QED) is 0.502. The van der Waals surface area contributed by atoms with E-state index in [9.17, 15) is 0 Å². The summed E-state index contributed by atoms with van der Waals surface area (Å²) in [5.41, 5.74) is 5.60. The molecule has 1 N–H and O–H groups in total. The zero-order valence-electron chi connectivity index (χ0n) is 12.5. The Balaban J connectivity index is 1.57. The first-order chi connectivity index (χ1) is 10.9. The smallest absolute Gasteiger partial charge is 0.189 e. The summed E-state index contributed by atoms with van der Waals surface area (Å²) in [7, 11) is 0. The number of hydrogen-bond donors (Lipinski definition) is 1. The molecule has 1 aliphatic carbocycles. The van der Waals surface area contributed by atoms with E-state index in [1.165, 1.54) is 30.5 Å². The number of benzene rings is 1. The molecule has 0 amide bonds. The number of nitrogens with zero attached hydrogens (tertiary/aromatic N) is 3. The van der Waals surface area contributed by atoms with Crippen LogP contribution in [0.2, 0.25) is 0 Å². The molecule has 0 saturated heterocycles. The maximum Gasteiger partial charge on any atom is 0.189 e. The molecule has 1 fully saturated rings. The summed E-state index contributed by atoms with van der Waals surface area (Å²) in [5, 5.41) is 5.26. The Labute approximate surface area is 135 Å². The second-order valence-corrected chi connectivity index (χ2v) is 6.29. The van der Waals surface area contributed by atoms with E-state index in [2.05, 4.69) is 44.8 Å². The monoisotopic (exact) mass is 312 g/mol. The summed E-state index contributed by atoms with van der Waals surface area (Å²) in [6.07, 6.45) is 7.82. The van der Waals surface area contributed by atoms with Crippen molar-refractivity contribution in [1.82, 2.24) is 9.97 Å². The fourth-order valence-electron chi connectivity index (χ4n) is 2.40. The lowest BCUT2D eigenvalue weighted by atomic mass is 9.99. The minimum absolute atomic E-state index is 0.767. The van der Waals surface area contributed by atoms with Gasteiger partial charge in [-0.15, -0.1) is 0 Å². The van der Waals surface area contributed by atoms with Crippen LogP contribution in [-0.4, -0.2) is 15.7 Å². The average Bonchev–Trinajstić information content (AvgIpc) is 2.60. The maximum atomic E-state index is 4.51. The van der Waals surface area contributed by atoms with Crippen LogP contribution >= 0.6 is 11.8 Å². The van der Waals surface area contributed by atoms with Crippen LogP contribution in [0.15, 0.2) is 52.9 Å². The number of nitrogens with one attached hydrogen (secondary N) is 1. The standard InChI is InChI=1S/C17H20N4S/c1-3-7-14(8-4-1)13-22-17-18-12-11-16(19-17)21-20-15-9-5-2-6-10-15/h1,3-4,7-8,11-12H,2,5-6,9-10,13H2,(H,18,19,21). The van der Waals surface area contributed by atoms with Gasteiger partial charge in [0.15, 0.2) is 11.0 Å². The highest BCUT2D eigenvalue weighted by Crippen LogP contribution is 2.20. The summed E-state index contributed by atoms with van der Waals surface area (Å²) in [6.45, 7) is 0. The number of thioether (sulfide) groups is 1. The highest BCUT2D eigenvalue weighted by Gasteiger charge is 2.07. The predicted octanol–water partition coefficient (Wildman–Crippen LogP) is 4.50. The molecule has 4 nitrogen and oxygen atoms in total. The molecule has 3 rings (SSSR count). The van der Waals surface area contributed by atoms with Gasteiger partial charge in [0.2, 0.25) is 0 Å². The van der Waals surface area contributed by atoms with Crippen LogP contribution in [0, 0.1) is 0 Å². The highest BCUT2D eigenvalue weighted by atomic mass is 32.2. The third kappa shape index (κ3) is 4.56. The van der Waals surface area contributed by atoms with Crippen LogP contribution in [0.4, 0.5) is 5.82 Å². The summed E-state index contributed by atoms with van der Waals surface area (Å²) >= 11 is 1.64. The second kappa shape index (κ2) is 7.94. The maximum absolute atomic E-state index is 4.51. The van der Waals surface area contributed by atoms with Gasteiger partial charge in [0.05, 0.1) is 0 Å². The topological polar surface area (TPSA) is 50.2 Å². The van der Waals surface area contributed by atoms with Crippen LogP contribution in [-0.2, 0) is 5.75 Å². The Hall–Kier alpha value is -1.88. The van der Waals surface area contributed by atoms with E-state index < -0.39 is 0 Å². The fourth-order valence-corrected chi connectivity index (χ4v) is 3.19. The van der Waals surface area contributed by atoms with Crippen molar-refractivity contribution in [2.24, 2.45) is 5.10 Å². The van der Waals surface area contributed by atoms with Gasteiger partial charge in [0.25, 0.3) is 0 Å². The molecule has 1 aromatic carbocycles. The van der Waals surface area contributed by atoms with Gasteiger partial charge in [-0.2, -0.15) is 5.10 Å². The molecule has 1 saturated carbocycles. The van der Waals surface area contributed by atoms with E-state index in [0.717, 1.165) is 29.6 Å². The molecule has 5 heteroatoms. The average molecular weight is 312 g/mol. The van der Waals surface area contributed by atoms with E-state index in [0.29, 0.717) is 0 Å². The first-order valence-electron chi connectivity index (χ1n) is 7.71. The molecular weight excluding hydrogens is 292 g/mol. The van der Waals surface area contributed by atoms with Crippen molar-refractivity contribution in [3.05, 3.63) is 48.2 Å². The molecule has 0 spiro atoms. The molecule has 0 aliphatic heterocycles. The molecule has 1 heterocycles. The minimum atomic E-state index is 0.767. The minimum Gasteiger partial charge on any atom is -0.261 e. The van der Waals surface area contributed by atoms with Crippen molar-refractivity contribution < 1.29 is 0 Å². The molecule has 1 aliphatic rings. The molecule has 0 atom stereocenters. The van der Waals surface area contributed by atoms with Gasteiger partial charge in [-0.05, 0) is 31.2 Å². The van der Waals surface area contributed by atoms with Gasteiger partial charge in [0, 0.05) is 23.7 Å². The van der Waals surface area contributed by atoms with Crippen molar-refractivity contribution >= 4 is 23.3 Å². The normalized spacial score (nSPS) is 14.6. The van der Waals surface area contributed by atoms with Gasteiger partial charge in [-0.3, -0.25) is 5.43 Å². The van der Waals surface area contributed by atoms with Crippen LogP contribution in [0.3, 0.4) is 0 Å². The van der Waals surface area contributed by atoms with Gasteiger partial charge in [0.1, 0.15) is 0 Å². The van der Waals surface area contributed by atoms with Crippen molar-refractivity contribution in [3.8, 4) is 0 Å². The number of rotatable bonds is 5. The largest absolute Gasteiger partial charge is 0.261 e. The van der Waals surface area contributed by atoms with Crippen molar-refractivity contribution in [1.29, 1.82) is 0 Å². The van der Waals surface area contributed by atoms with Crippen molar-refractivity contribution in [2.75, 3.05) is 5.43 Å². The summed E-state index contributed by atoms with van der Waals surface area (Å²) in [5.74, 6) is 1.64. The van der Waals surface area contributed by atoms with Crippen LogP contribution in [0.25, 0.3) is 0 Å². The predicted molar refractivity (Wildman–Crippen MR) is 92.2 cm³/mol. The summed E-state index contributed by atoms with van der Waals surface area (Å²) in [4.78, 5) is 8.82. The third-order valence-electron chi connectivity index (χ3n) is 3.60. The van der Waals surface area contributed by atoms with Crippen LogP contribution < -0.4 is 5.43 Å². The third-order valence-corrected chi connectivity index (χ3v) is 4.54. The van der Waals surface area contributed by atoms with Crippen LogP contribution in [0.1, 0.15) is 37.7 Å². The van der Waals surface area contributed by atoms with E-state index in [1.54, 1.807) is 18.0 Å². The number of hydrazone groups is 1. The molecule has 114 valence electrons. The zero-order valence-corrected chi connectivity index (χ0v) is 13.4. The lowest BCUT2D eigenvalue weighted by Gasteiger charge is -2.12. The SMILES string of the molecule is c1ccc(CSc2nccc(NN=C3CCCCC3)n2)cc1. The lowest BCUT2D eigenvalue weighted by Crippen LogP contribution is -2.07. The van der Waals surface area contributed by atoms with Crippen molar-refractivity contribution in [2.45, 2.75) is 43.0 Å². The first-order valence-corrected chi connectivity index (χ1v) is 8.70. The Bertz CT molecular complexity index is 620. The zero-order chi connectivity index (χ0) is 15.0. The molecule has 22 heavy (non-hydrogen) atoms. The molecule has 0 radical (unpaired) electrons. The van der Waals surface area contributed by atoms with Crippen LogP contribution in [0.5, 0.6) is 0 Å². The highest BCUT2D eigenvalue weighted by molar-refractivity contribution is 7.98. The van der Waals surface area contributed by atoms with E-state index in [1.807, 2.05) is 12.1 Å². The summed E-state index contributed by atoms with van der Waals surface area (Å²) < 4.78 is 0. The Kier molecular flexibility index (Phi) is 5.42. The van der Waals surface area contributed by atoms with E-state index in [-0.39, 0.29) is 0 Å². The van der Waals surface area contributed by atoms with Gasteiger partial charge in [-0.25, -0.2) is 9.97 Å². The Morgan fingerprint density at radius 2 is 1.86 bits per heavy atom. The fraction of sp³-hybridized carbons (Fsp3) is 0.353. The molecule has 1 aromatic heterocycles. The lowest BCUT2D eigenvalue weighted by molar-refractivity contribution is 0.665.